The first-order chi connectivity index (χ1) is 16.5. The van der Waals surface area contributed by atoms with Crippen LogP contribution in [0.2, 0.25) is 0 Å². The van der Waals surface area contributed by atoms with Crippen molar-refractivity contribution in [1.29, 1.82) is 0 Å². The number of benzene rings is 1. The summed E-state index contributed by atoms with van der Waals surface area (Å²) in [4.78, 5) is 44.3. The third kappa shape index (κ3) is 3.63. The van der Waals surface area contributed by atoms with Crippen molar-refractivity contribution in [1.82, 2.24) is 4.90 Å². The summed E-state index contributed by atoms with van der Waals surface area (Å²) in [6.07, 6.45) is 2.33. The van der Waals surface area contributed by atoms with E-state index in [2.05, 4.69) is 6.58 Å². The summed E-state index contributed by atoms with van der Waals surface area (Å²) in [5.74, 6) is -3.27. The number of carboxylic acid groups (broad SMARTS) is 1. The zero-order chi connectivity index (χ0) is 25.8. The summed E-state index contributed by atoms with van der Waals surface area (Å²) in [5.41, 5.74) is 2.66. The number of rotatable bonds is 8. The lowest BCUT2D eigenvalue weighted by Gasteiger charge is -2.43. The van der Waals surface area contributed by atoms with Crippen molar-refractivity contribution in [3.05, 3.63) is 42.0 Å². The van der Waals surface area contributed by atoms with Crippen LogP contribution in [0.5, 0.6) is 0 Å². The molecule has 3 heterocycles. The van der Waals surface area contributed by atoms with Crippen LogP contribution in [0.15, 0.2) is 30.9 Å². The molecule has 190 valence electrons. The molecule has 4 rings (SSSR count). The molecule has 0 saturated carbocycles. The average Bonchev–Trinajstić information content (AvgIpc) is 3.37. The van der Waals surface area contributed by atoms with Gasteiger partial charge < -0.3 is 20.0 Å². The van der Waals surface area contributed by atoms with Gasteiger partial charge in [0, 0.05) is 17.5 Å². The lowest BCUT2D eigenvalue weighted by atomic mass is 9.66. The predicted molar refractivity (Wildman–Crippen MR) is 137 cm³/mol. The summed E-state index contributed by atoms with van der Waals surface area (Å²) in [7, 11) is 0. The minimum atomic E-state index is -0.981. The number of nitrogens with zero attached hydrogens (tertiary/aromatic N) is 2. The molecule has 1 aromatic carbocycles. The van der Waals surface area contributed by atoms with Crippen LogP contribution in [0.1, 0.15) is 38.3 Å². The number of carbonyl (C=O) groups excluding carboxylic acids is 2. The summed E-state index contributed by atoms with van der Waals surface area (Å²) in [5, 5.41) is 20.2. The van der Waals surface area contributed by atoms with Crippen LogP contribution in [-0.4, -0.2) is 68.1 Å². The summed E-state index contributed by atoms with van der Waals surface area (Å²) in [6, 6.07) is 4.40. The number of para-hydroxylation sites is 1. The second kappa shape index (κ2) is 9.28. The van der Waals surface area contributed by atoms with E-state index in [1.807, 2.05) is 52.8 Å². The van der Waals surface area contributed by atoms with Crippen molar-refractivity contribution in [2.75, 3.05) is 18.1 Å². The Hall–Kier alpha value is -2.32. The quantitative estimate of drug-likeness (QED) is 0.532. The Morgan fingerprint density at radius 1 is 1.31 bits per heavy atom. The number of aliphatic carboxylic acids is 1. The molecule has 3 unspecified atom stereocenters. The molecule has 3 aliphatic heterocycles. The van der Waals surface area contributed by atoms with Crippen molar-refractivity contribution in [3.63, 3.8) is 0 Å². The van der Waals surface area contributed by atoms with E-state index < -0.39 is 34.6 Å². The number of amides is 2. The molecular weight excluding hydrogens is 464 g/mol. The first-order valence-corrected chi connectivity index (χ1v) is 13.2. The number of hydrogen-bond acceptors (Lipinski definition) is 5. The van der Waals surface area contributed by atoms with Crippen LogP contribution in [0, 0.1) is 37.5 Å². The van der Waals surface area contributed by atoms with E-state index in [4.69, 9.17) is 0 Å². The molecule has 1 spiro atoms. The number of aliphatic hydroxyl groups is 1. The Kier molecular flexibility index (Phi) is 6.83. The van der Waals surface area contributed by atoms with Gasteiger partial charge in [-0.3, -0.25) is 14.4 Å². The maximum Gasteiger partial charge on any atom is 0.308 e. The van der Waals surface area contributed by atoms with Gasteiger partial charge in [0.2, 0.25) is 5.91 Å². The summed E-state index contributed by atoms with van der Waals surface area (Å²) >= 11 is 1.52. The van der Waals surface area contributed by atoms with E-state index in [0.29, 0.717) is 6.42 Å². The van der Waals surface area contributed by atoms with Gasteiger partial charge in [-0.05, 0) is 43.2 Å². The highest BCUT2D eigenvalue weighted by atomic mass is 32.2. The highest BCUT2D eigenvalue weighted by molar-refractivity contribution is 8.02. The van der Waals surface area contributed by atoms with Crippen LogP contribution in [-0.2, 0) is 14.4 Å². The molecule has 1 aromatic rings. The smallest absolute Gasteiger partial charge is 0.308 e. The molecule has 0 aromatic heterocycles. The summed E-state index contributed by atoms with van der Waals surface area (Å²) < 4.78 is -0.847. The molecule has 0 radical (unpaired) electrons. The van der Waals surface area contributed by atoms with Gasteiger partial charge in [0.25, 0.3) is 5.91 Å². The zero-order valence-electron chi connectivity index (χ0n) is 21.1. The van der Waals surface area contributed by atoms with Gasteiger partial charge in [0.15, 0.2) is 0 Å². The standard InChI is InChI=1S/C27H36N2O5S/c1-7-11-28(22-15(4)9-8-10-16(22)5)25(32)23-27-17(6)12-19(35-27)20(26(33)34)21(27)24(31)29(23)18(13-30)14(2)3/h7-10,14,17-21,23,30H,1,11-13H2,2-6H3,(H,33,34)/t17?,18-,19-,20+,21-,23?,27?/m0/s1. The van der Waals surface area contributed by atoms with Crippen LogP contribution in [0.3, 0.4) is 0 Å². The molecule has 7 nitrogen and oxygen atoms in total. The molecular formula is C27H36N2O5S. The van der Waals surface area contributed by atoms with E-state index in [-0.39, 0.29) is 42.1 Å². The van der Waals surface area contributed by atoms with Gasteiger partial charge in [0.05, 0.1) is 29.2 Å². The van der Waals surface area contributed by atoms with Crippen molar-refractivity contribution < 1.29 is 24.6 Å². The van der Waals surface area contributed by atoms with Gasteiger partial charge in [-0.1, -0.05) is 45.0 Å². The summed E-state index contributed by atoms with van der Waals surface area (Å²) in [6.45, 7) is 13.6. The number of carboxylic acids is 1. The van der Waals surface area contributed by atoms with Gasteiger partial charge in [-0.2, -0.15) is 0 Å². The second-order valence-electron chi connectivity index (χ2n) is 10.6. The van der Waals surface area contributed by atoms with E-state index in [1.54, 1.807) is 15.9 Å². The van der Waals surface area contributed by atoms with Crippen LogP contribution in [0.4, 0.5) is 5.69 Å². The zero-order valence-corrected chi connectivity index (χ0v) is 21.9. The molecule has 3 aliphatic rings. The Morgan fingerprint density at radius 2 is 1.94 bits per heavy atom. The Balaban J connectivity index is 1.92. The maximum absolute atomic E-state index is 14.6. The largest absolute Gasteiger partial charge is 0.481 e. The minimum absolute atomic E-state index is 0.0175. The molecule has 2 bridgehead atoms. The van der Waals surface area contributed by atoms with E-state index >= 15 is 0 Å². The molecule has 3 fully saturated rings. The van der Waals surface area contributed by atoms with Crippen LogP contribution in [0.25, 0.3) is 0 Å². The fraction of sp³-hybridized carbons (Fsp3) is 0.593. The Labute approximate surface area is 211 Å². The number of fused-ring (bicyclic) bond motifs is 1. The first kappa shape index (κ1) is 25.8. The second-order valence-corrected chi connectivity index (χ2v) is 12.2. The molecule has 2 amide bonds. The topological polar surface area (TPSA) is 98.2 Å². The lowest BCUT2D eigenvalue weighted by Crippen LogP contribution is -2.60. The molecule has 0 aliphatic carbocycles. The number of carbonyl (C=O) groups is 3. The third-order valence-electron chi connectivity index (χ3n) is 8.30. The Bertz CT molecular complexity index is 1040. The number of hydrogen-bond donors (Lipinski definition) is 2. The van der Waals surface area contributed by atoms with Crippen molar-refractivity contribution >= 4 is 35.2 Å². The fourth-order valence-electron chi connectivity index (χ4n) is 6.80. The van der Waals surface area contributed by atoms with E-state index in [9.17, 15) is 24.6 Å². The average molecular weight is 501 g/mol. The van der Waals surface area contributed by atoms with Crippen LogP contribution < -0.4 is 4.90 Å². The van der Waals surface area contributed by atoms with E-state index in [1.165, 1.54) is 11.8 Å². The first-order valence-electron chi connectivity index (χ1n) is 12.3. The van der Waals surface area contributed by atoms with Gasteiger partial charge in [-0.15, -0.1) is 18.3 Å². The fourth-order valence-corrected chi connectivity index (χ4v) is 9.19. The minimum Gasteiger partial charge on any atom is -0.481 e. The highest BCUT2D eigenvalue weighted by Crippen LogP contribution is 2.69. The normalized spacial score (nSPS) is 32.1. The third-order valence-corrected chi connectivity index (χ3v) is 10.4. The molecule has 7 atom stereocenters. The van der Waals surface area contributed by atoms with Crippen molar-refractivity contribution in [2.24, 2.45) is 23.7 Å². The Morgan fingerprint density at radius 3 is 2.46 bits per heavy atom. The highest BCUT2D eigenvalue weighted by Gasteiger charge is 2.77. The number of likely N-dealkylation sites (tertiary alicyclic amines) is 1. The van der Waals surface area contributed by atoms with Crippen molar-refractivity contribution in [2.45, 2.75) is 63.1 Å². The molecule has 35 heavy (non-hydrogen) atoms. The predicted octanol–water partition coefficient (Wildman–Crippen LogP) is 3.26. The number of aliphatic hydroxyl groups excluding tert-OH is 1. The van der Waals surface area contributed by atoms with Crippen molar-refractivity contribution in [3.8, 4) is 0 Å². The number of thioether (sulfide) groups is 1. The van der Waals surface area contributed by atoms with Gasteiger partial charge in [0.1, 0.15) is 6.04 Å². The monoisotopic (exact) mass is 500 g/mol. The molecule has 2 N–H and O–H groups in total. The maximum atomic E-state index is 14.6. The lowest BCUT2D eigenvalue weighted by molar-refractivity contribution is -0.150. The molecule has 8 heteroatoms. The van der Waals surface area contributed by atoms with Gasteiger partial charge in [-0.25, -0.2) is 0 Å². The SMILES string of the molecule is C=CCN(C(=O)C1N([C@@H](CO)C(C)C)C(=O)[C@@H]2[C@H](C(=O)O)[C@@H]3CC(C)C12S3)c1c(C)cccc1C. The number of aryl methyl sites for hydroxylation is 2. The van der Waals surface area contributed by atoms with E-state index in [0.717, 1.165) is 16.8 Å². The molecule has 3 saturated heterocycles. The van der Waals surface area contributed by atoms with Gasteiger partial charge >= 0.3 is 5.97 Å². The number of anilines is 1. The van der Waals surface area contributed by atoms with Crippen LogP contribution >= 0.6 is 11.8 Å².